The maximum absolute atomic E-state index is 12.2. The smallest absolute Gasteiger partial charge is 0.304 e. The van der Waals surface area contributed by atoms with Gasteiger partial charge in [0, 0.05) is 25.8 Å². The van der Waals surface area contributed by atoms with Crippen LogP contribution >= 0.6 is 11.3 Å². The number of nitrogens with zero attached hydrogens (tertiary/aromatic N) is 1. The number of anilines is 1. The molecule has 0 aromatic carbocycles. The minimum absolute atomic E-state index is 0.113. The van der Waals surface area contributed by atoms with Crippen molar-refractivity contribution in [2.24, 2.45) is 5.41 Å². The molecule has 1 aliphatic heterocycles. The highest BCUT2D eigenvalue weighted by molar-refractivity contribution is 7.91. The molecule has 0 radical (unpaired) electrons. The molecule has 0 aliphatic carbocycles. The van der Waals surface area contributed by atoms with Gasteiger partial charge in [0.2, 0.25) is 10.0 Å². The maximum Gasteiger partial charge on any atom is 0.304 e. The minimum atomic E-state index is -3.79. The van der Waals surface area contributed by atoms with Crippen molar-refractivity contribution in [1.29, 1.82) is 0 Å². The van der Waals surface area contributed by atoms with E-state index in [0.29, 0.717) is 24.6 Å². The highest BCUT2D eigenvalue weighted by Crippen LogP contribution is 2.35. The lowest BCUT2D eigenvalue weighted by molar-refractivity contribution is -0.383. The summed E-state index contributed by atoms with van der Waals surface area (Å²) in [5.41, 5.74) is 4.93. The van der Waals surface area contributed by atoms with Crippen LogP contribution in [-0.4, -0.2) is 33.1 Å². The molecule has 0 unspecified atom stereocenters. The number of sulfonamides is 1. The third-order valence-corrected chi connectivity index (χ3v) is 6.40. The molecule has 8 nitrogen and oxygen atoms in total. The molecule has 0 spiro atoms. The zero-order valence-corrected chi connectivity index (χ0v) is 13.1. The molecule has 118 valence electrons. The van der Waals surface area contributed by atoms with Crippen molar-refractivity contribution in [3.63, 3.8) is 0 Å². The van der Waals surface area contributed by atoms with Crippen molar-refractivity contribution in [2.45, 2.75) is 24.0 Å². The summed E-state index contributed by atoms with van der Waals surface area (Å²) in [5.74, 6) is 0. The molecule has 1 aromatic heterocycles. The van der Waals surface area contributed by atoms with Gasteiger partial charge in [-0.2, -0.15) is 0 Å². The fourth-order valence-electron chi connectivity index (χ4n) is 2.03. The standard InChI is InChI=1S/C11H17N3O5S2/c1-11(2-4-19-5-3-11)7-13-21(17,18)9-6-8(14(15)16)10(12)20-9/h6,13H,2-5,7,12H2,1H3. The maximum atomic E-state index is 12.2. The average Bonchev–Trinajstić information content (AvgIpc) is 2.81. The quantitative estimate of drug-likeness (QED) is 0.618. The van der Waals surface area contributed by atoms with E-state index in [9.17, 15) is 18.5 Å². The Morgan fingerprint density at radius 2 is 2.14 bits per heavy atom. The number of ether oxygens (including phenoxy) is 1. The van der Waals surface area contributed by atoms with E-state index >= 15 is 0 Å². The lowest BCUT2D eigenvalue weighted by Crippen LogP contribution is -2.39. The van der Waals surface area contributed by atoms with Gasteiger partial charge in [-0.1, -0.05) is 18.3 Å². The Balaban J connectivity index is 2.11. The summed E-state index contributed by atoms with van der Waals surface area (Å²) in [6.07, 6.45) is 1.53. The number of nitro groups is 1. The highest BCUT2D eigenvalue weighted by Gasteiger charge is 2.31. The summed E-state index contributed by atoms with van der Waals surface area (Å²) in [5, 5.41) is 10.6. The first-order valence-corrected chi connectivity index (χ1v) is 8.65. The van der Waals surface area contributed by atoms with Crippen LogP contribution in [0.5, 0.6) is 0 Å². The van der Waals surface area contributed by atoms with E-state index in [1.807, 2.05) is 6.92 Å². The third-order valence-electron chi connectivity index (χ3n) is 3.57. The second-order valence-corrected chi connectivity index (χ2v) is 8.40. The molecule has 0 bridgehead atoms. The molecule has 21 heavy (non-hydrogen) atoms. The van der Waals surface area contributed by atoms with E-state index in [0.717, 1.165) is 18.9 Å². The number of nitrogens with two attached hydrogens (primary N) is 1. The summed E-state index contributed by atoms with van der Waals surface area (Å²) in [7, 11) is -3.79. The van der Waals surface area contributed by atoms with E-state index in [2.05, 4.69) is 4.72 Å². The summed E-state index contributed by atoms with van der Waals surface area (Å²) >= 11 is 0.696. The summed E-state index contributed by atoms with van der Waals surface area (Å²) in [6.45, 7) is 3.47. The Morgan fingerprint density at radius 3 is 2.67 bits per heavy atom. The van der Waals surface area contributed by atoms with E-state index in [-0.39, 0.29) is 26.9 Å². The molecule has 0 amide bonds. The zero-order chi connectivity index (χ0) is 15.7. The molecule has 1 fully saturated rings. The minimum Gasteiger partial charge on any atom is -0.385 e. The van der Waals surface area contributed by atoms with E-state index in [4.69, 9.17) is 10.5 Å². The van der Waals surface area contributed by atoms with Gasteiger partial charge < -0.3 is 10.5 Å². The summed E-state index contributed by atoms with van der Waals surface area (Å²) < 4.78 is 32.0. The monoisotopic (exact) mass is 335 g/mol. The van der Waals surface area contributed by atoms with Crippen LogP contribution in [0.4, 0.5) is 10.7 Å². The van der Waals surface area contributed by atoms with Gasteiger partial charge in [0.05, 0.1) is 4.92 Å². The van der Waals surface area contributed by atoms with Gasteiger partial charge in [-0.25, -0.2) is 13.1 Å². The number of hydrogen-bond donors (Lipinski definition) is 2. The molecule has 1 saturated heterocycles. The Kier molecular flexibility index (Phi) is 4.51. The van der Waals surface area contributed by atoms with Gasteiger partial charge in [-0.05, 0) is 18.3 Å². The SMILES string of the molecule is CC1(CNS(=O)(=O)c2cc([N+](=O)[O-])c(N)s2)CCOCC1. The zero-order valence-electron chi connectivity index (χ0n) is 11.5. The van der Waals surface area contributed by atoms with Crippen LogP contribution in [0, 0.1) is 15.5 Å². The first kappa shape index (κ1) is 16.1. The first-order chi connectivity index (χ1) is 9.73. The topological polar surface area (TPSA) is 125 Å². The fraction of sp³-hybridized carbons (Fsp3) is 0.636. The van der Waals surface area contributed by atoms with Gasteiger partial charge >= 0.3 is 5.69 Å². The van der Waals surface area contributed by atoms with Crippen molar-refractivity contribution in [1.82, 2.24) is 4.72 Å². The second kappa shape index (κ2) is 5.87. The van der Waals surface area contributed by atoms with Crippen LogP contribution < -0.4 is 10.5 Å². The molecule has 3 N–H and O–H groups in total. The Bertz CT molecular complexity index is 634. The van der Waals surface area contributed by atoms with Gasteiger partial charge in [0.25, 0.3) is 0 Å². The van der Waals surface area contributed by atoms with Crippen LogP contribution in [0.2, 0.25) is 0 Å². The average molecular weight is 335 g/mol. The lowest BCUT2D eigenvalue weighted by Gasteiger charge is -2.33. The van der Waals surface area contributed by atoms with Crippen LogP contribution in [0.1, 0.15) is 19.8 Å². The summed E-state index contributed by atoms with van der Waals surface area (Å²) in [4.78, 5) is 10.0. The fourth-order valence-corrected chi connectivity index (χ4v) is 4.49. The third kappa shape index (κ3) is 3.70. The molecular weight excluding hydrogens is 318 g/mol. The molecule has 2 rings (SSSR count). The van der Waals surface area contributed by atoms with Gasteiger partial charge in [0.15, 0.2) is 5.00 Å². The number of thiophene rings is 1. The number of nitrogens with one attached hydrogen (secondary N) is 1. The second-order valence-electron chi connectivity index (χ2n) is 5.32. The Morgan fingerprint density at radius 1 is 1.52 bits per heavy atom. The van der Waals surface area contributed by atoms with Gasteiger partial charge in [-0.3, -0.25) is 10.1 Å². The molecular formula is C11H17N3O5S2. The molecule has 1 aliphatic rings. The number of hydrogen-bond acceptors (Lipinski definition) is 7. The Hall–Kier alpha value is -1.23. The summed E-state index contributed by atoms with van der Waals surface area (Å²) in [6, 6.07) is 0.995. The largest absolute Gasteiger partial charge is 0.385 e. The van der Waals surface area contributed by atoms with Crippen molar-refractivity contribution in [3.05, 3.63) is 16.2 Å². The van der Waals surface area contributed by atoms with E-state index < -0.39 is 14.9 Å². The van der Waals surface area contributed by atoms with Gasteiger partial charge in [-0.15, -0.1) is 0 Å². The predicted molar refractivity (Wildman–Crippen MR) is 78.7 cm³/mol. The van der Waals surface area contributed by atoms with E-state index in [1.165, 1.54) is 0 Å². The molecule has 0 atom stereocenters. The highest BCUT2D eigenvalue weighted by atomic mass is 32.2. The van der Waals surface area contributed by atoms with Crippen molar-refractivity contribution < 1.29 is 18.1 Å². The van der Waals surface area contributed by atoms with Crippen molar-refractivity contribution in [3.8, 4) is 0 Å². The normalized spacial score (nSPS) is 18.5. The molecule has 0 saturated carbocycles. The predicted octanol–water partition coefficient (Wildman–Crippen LogP) is 1.33. The van der Waals surface area contributed by atoms with Crippen LogP contribution in [-0.2, 0) is 14.8 Å². The number of rotatable bonds is 5. The molecule has 2 heterocycles. The van der Waals surface area contributed by atoms with Crippen molar-refractivity contribution >= 4 is 32.0 Å². The van der Waals surface area contributed by atoms with Crippen molar-refractivity contribution in [2.75, 3.05) is 25.5 Å². The van der Waals surface area contributed by atoms with E-state index in [1.54, 1.807) is 0 Å². The first-order valence-electron chi connectivity index (χ1n) is 6.35. The van der Waals surface area contributed by atoms with Crippen LogP contribution in [0.15, 0.2) is 10.3 Å². The lowest BCUT2D eigenvalue weighted by atomic mass is 9.83. The van der Waals surface area contributed by atoms with Crippen LogP contribution in [0.25, 0.3) is 0 Å². The molecule has 1 aromatic rings. The number of nitrogen functional groups attached to an aromatic ring is 1. The Labute approximate surface area is 126 Å². The van der Waals surface area contributed by atoms with Crippen LogP contribution in [0.3, 0.4) is 0 Å². The molecule has 10 heteroatoms. The van der Waals surface area contributed by atoms with Gasteiger partial charge in [0.1, 0.15) is 4.21 Å².